The van der Waals surface area contributed by atoms with Crippen LogP contribution in [0.3, 0.4) is 0 Å². The summed E-state index contributed by atoms with van der Waals surface area (Å²) in [6.07, 6.45) is 2.10. The Morgan fingerprint density at radius 3 is 2.25 bits per heavy atom. The Balaban J connectivity index is 1.58. The lowest BCUT2D eigenvalue weighted by atomic mass is 10.0. The van der Waals surface area contributed by atoms with Crippen LogP contribution in [0.15, 0.2) is 78.9 Å². The molecule has 3 aromatic carbocycles. The van der Waals surface area contributed by atoms with Gasteiger partial charge in [0.25, 0.3) is 0 Å². The summed E-state index contributed by atoms with van der Waals surface area (Å²) in [5, 5.41) is 3.11. The van der Waals surface area contributed by atoms with Gasteiger partial charge in [-0.2, -0.15) is 0 Å². The molecule has 1 N–H and O–H groups in total. The van der Waals surface area contributed by atoms with Gasteiger partial charge in [0, 0.05) is 25.4 Å². The highest BCUT2D eigenvalue weighted by atomic mass is 16.7. The fraction of sp³-hybridized carbons (Fsp3) is 0.333. The van der Waals surface area contributed by atoms with Gasteiger partial charge in [-0.15, -0.1) is 0 Å². The first-order valence-electron chi connectivity index (χ1n) is 12.6. The van der Waals surface area contributed by atoms with Crippen molar-refractivity contribution in [3.05, 3.63) is 95.6 Å². The maximum Gasteiger partial charge on any atom is 0.243 e. The second-order valence-electron chi connectivity index (χ2n) is 9.22. The van der Waals surface area contributed by atoms with Crippen molar-refractivity contribution in [2.24, 2.45) is 0 Å². The molecule has 0 unspecified atom stereocenters. The number of carbonyl (C=O) groups is 2. The van der Waals surface area contributed by atoms with Crippen molar-refractivity contribution in [2.75, 3.05) is 6.79 Å². The minimum atomic E-state index is -0.620. The van der Waals surface area contributed by atoms with Crippen LogP contribution < -0.4 is 14.8 Å². The topological polar surface area (TPSA) is 67.9 Å². The molecular formula is C30H34N2O4. The van der Waals surface area contributed by atoms with E-state index in [0.29, 0.717) is 25.1 Å². The smallest absolute Gasteiger partial charge is 0.243 e. The molecule has 4 rings (SSSR count). The van der Waals surface area contributed by atoms with Crippen molar-refractivity contribution in [2.45, 2.75) is 58.2 Å². The third kappa shape index (κ3) is 6.66. The summed E-state index contributed by atoms with van der Waals surface area (Å²) in [7, 11) is 0. The predicted octanol–water partition coefficient (Wildman–Crippen LogP) is 4.90. The lowest BCUT2D eigenvalue weighted by Gasteiger charge is -2.32. The van der Waals surface area contributed by atoms with E-state index in [1.165, 1.54) is 0 Å². The average Bonchev–Trinajstić information content (AvgIpc) is 3.38. The molecule has 6 nitrogen and oxygen atoms in total. The molecule has 0 aromatic heterocycles. The van der Waals surface area contributed by atoms with Crippen LogP contribution in [-0.4, -0.2) is 35.6 Å². The molecule has 0 aliphatic carbocycles. The van der Waals surface area contributed by atoms with Crippen LogP contribution in [0.1, 0.15) is 43.4 Å². The van der Waals surface area contributed by atoms with E-state index < -0.39 is 6.04 Å². The van der Waals surface area contributed by atoms with E-state index in [-0.39, 0.29) is 31.1 Å². The Kier molecular flexibility index (Phi) is 8.61. The van der Waals surface area contributed by atoms with Gasteiger partial charge < -0.3 is 19.7 Å². The van der Waals surface area contributed by atoms with Crippen molar-refractivity contribution >= 4 is 11.8 Å². The third-order valence-electron chi connectivity index (χ3n) is 6.53. The highest BCUT2D eigenvalue weighted by Gasteiger charge is 2.30. The first-order valence-corrected chi connectivity index (χ1v) is 12.6. The molecule has 2 amide bonds. The van der Waals surface area contributed by atoms with E-state index >= 15 is 0 Å². The van der Waals surface area contributed by atoms with Gasteiger partial charge >= 0.3 is 0 Å². The summed E-state index contributed by atoms with van der Waals surface area (Å²) in [5.74, 6) is 1.24. The number of rotatable bonds is 11. The summed E-state index contributed by atoms with van der Waals surface area (Å²) in [6.45, 7) is 4.61. The molecule has 0 bridgehead atoms. The Hall–Kier alpha value is -3.80. The molecule has 0 saturated heterocycles. The molecule has 1 aliphatic heterocycles. The standard InChI is InChI=1S/C30H34N2O4/c1-3-22(2)31-30(34)26(18-23-10-6-4-7-11-23)32(20-25-12-8-5-9-13-25)29(33)17-15-24-14-16-27-28(19-24)36-21-35-27/h4-14,16,19,22,26H,3,15,17-18,20-21H2,1-2H3,(H,31,34)/t22-,26-/m1/s1. The van der Waals surface area contributed by atoms with Gasteiger partial charge in [0.05, 0.1) is 0 Å². The van der Waals surface area contributed by atoms with E-state index in [2.05, 4.69) is 5.32 Å². The first-order chi connectivity index (χ1) is 17.5. The summed E-state index contributed by atoms with van der Waals surface area (Å²) in [6, 6.07) is 24.9. The van der Waals surface area contributed by atoms with Crippen molar-refractivity contribution < 1.29 is 19.1 Å². The van der Waals surface area contributed by atoms with Crippen molar-refractivity contribution in [1.29, 1.82) is 0 Å². The van der Waals surface area contributed by atoms with Crippen molar-refractivity contribution in [3.63, 3.8) is 0 Å². The molecule has 36 heavy (non-hydrogen) atoms. The summed E-state index contributed by atoms with van der Waals surface area (Å²) >= 11 is 0. The molecule has 6 heteroatoms. The SMILES string of the molecule is CC[C@@H](C)NC(=O)[C@@H](Cc1ccccc1)N(Cc1ccccc1)C(=O)CCc1ccc2c(c1)OCO2. The number of nitrogens with zero attached hydrogens (tertiary/aromatic N) is 1. The highest BCUT2D eigenvalue weighted by molar-refractivity contribution is 5.88. The van der Waals surface area contributed by atoms with Gasteiger partial charge in [-0.25, -0.2) is 0 Å². The Bertz CT molecular complexity index is 1150. The monoisotopic (exact) mass is 486 g/mol. The molecule has 1 heterocycles. The minimum absolute atomic E-state index is 0.0260. The zero-order valence-corrected chi connectivity index (χ0v) is 21.0. The largest absolute Gasteiger partial charge is 0.454 e. The number of hydrogen-bond acceptors (Lipinski definition) is 4. The van der Waals surface area contributed by atoms with Gasteiger partial charge in [0.1, 0.15) is 6.04 Å². The molecule has 0 fully saturated rings. The van der Waals surface area contributed by atoms with Crippen LogP contribution in [0.25, 0.3) is 0 Å². The fourth-order valence-electron chi connectivity index (χ4n) is 4.27. The highest BCUT2D eigenvalue weighted by Crippen LogP contribution is 2.33. The van der Waals surface area contributed by atoms with E-state index in [0.717, 1.165) is 28.9 Å². The van der Waals surface area contributed by atoms with E-state index in [1.807, 2.05) is 92.7 Å². The van der Waals surface area contributed by atoms with Crippen LogP contribution in [0.2, 0.25) is 0 Å². The molecule has 3 aromatic rings. The number of amides is 2. The number of fused-ring (bicyclic) bond motifs is 1. The van der Waals surface area contributed by atoms with E-state index in [9.17, 15) is 9.59 Å². The van der Waals surface area contributed by atoms with Gasteiger partial charge in [-0.1, -0.05) is 73.7 Å². The van der Waals surface area contributed by atoms with E-state index in [4.69, 9.17) is 9.47 Å². The number of nitrogens with one attached hydrogen (secondary N) is 1. The van der Waals surface area contributed by atoms with Crippen LogP contribution in [-0.2, 0) is 29.0 Å². The van der Waals surface area contributed by atoms with Crippen LogP contribution in [0, 0.1) is 0 Å². The molecule has 0 saturated carbocycles. The fourth-order valence-corrected chi connectivity index (χ4v) is 4.27. The van der Waals surface area contributed by atoms with Crippen LogP contribution in [0.4, 0.5) is 0 Å². The molecule has 1 aliphatic rings. The summed E-state index contributed by atoms with van der Waals surface area (Å²) < 4.78 is 10.9. The Morgan fingerprint density at radius 2 is 1.56 bits per heavy atom. The average molecular weight is 487 g/mol. The number of hydrogen-bond donors (Lipinski definition) is 1. The lowest BCUT2D eigenvalue weighted by Crippen LogP contribution is -2.52. The second kappa shape index (κ2) is 12.2. The van der Waals surface area contributed by atoms with Crippen molar-refractivity contribution in [1.82, 2.24) is 10.2 Å². The molecule has 0 spiro atoms. The van der Waals surface area contributed by atoms with Gasteiger partial charge in [0.15, 0.2) is 11.5 Å². The number of carbonyl (C=O) groups excluding carboxylic acids is 2. The van der Waals surface area contributed by atoms with Gasteiger partial charge in [0.2, 0.25) is 18.6 Å². The molecule has 188 valence electrons. The Labute approximate surface area is 213 Å². The van der Waals surface area contributed by atoms with Gasteiger partial charge in [-0.3, -0.25) is 9.59 Å². The zero-order valence-electron chi connectivity index (χ0n) is 21.0. The normalized spacial score (nSPS) is 13.6. The summed E-state index contributed by atoms with van der Waals surface area (Å²) in [5.41, 5.74) is 3.00. The van der Waals surface area contributed by atoms with E-state index in [1.54, 1.807) is 4.90 Å². The number of benzene rings is 3. The molecule has 2 atom stereocenters. The zero-order chi connectivity index (χ0) is 25.3. The van der Waals surface area contributed by atoms with Crippen LogP contribution in [0.5, 0.6) is 11.5 Å². The minimum Gasteiger partial charge on any atom is -0.454 e. The molecular weight excluding hydrogens is 452 g/mol. The molecule has 0 radical (unpaired) electrons. The quantitative estimate of drug-likeness (QED) is 0.419. The number of ether oxygens (including phenoxy) is 2. The Morgan fingerprint density at radius 1 is 0.889 bits per heavy atom. The van der Waals surface area contributed by atoms with Crippen molar-refractivity contribution in [3.8, 4) is 11.5 Å². The van der Waals surface area contributed by atoms with Crippen LogP contribution >= 0.6 is 0 Å². The maximum absolute atomic E-state index is 13.7. The lowest BCUT2D eigenvalue weighted by molar-refractivity contribution is -0.141. The second-order valence-corrected chi connectivity index (χ2v) is 9.22. The van der Waals surface area contributed by atoms with Gasteiger partial charge in [-0.05, 0) is 48.6 Å². The first kappa shape index (κ1) is 25.3. The predicted molar refractivity (Wildman–Crippen MR) is 140 cm³/mol. The third-order valence-corrected chi connectivity index (χ3v) is 6.53. The number of aryl methyl sites for hydroxylation is 1. The summed E-state index contributed by atoms with van der Waals surface area (Å²) in [4.78, 5) is 29.0. The maximum atomic E-state index is 13.7.